The van der Waals surface area contributed by atoms with Crippen molar-refractivity contribution in [2.24, 2.45) is 0 Å². The van der Waals surface area contributed by atoms with E-state index in [1.807, 2.05) is 0 Å². The van der Waals surface area contributed by atoms with Crippen LogP contribution in [0.15, 0.2) is 47.1 Å². The summed E-state index contributed by atoms with van der Waals surface area (Å²) in [6.45, 7) is 0.605. The standard InChI is InChI=1S/C21H13F6N3O3/c1-10(20(22,23)24)32-16-6-5-11(7-14(16)21(25,26)27)19-29-18(30-33-19)13-3-2-4-15-17(13)12(9-31)8-28-15/h2-10,28H,1H3. The molecule has 4 rings (SSSR count). The zero-order valence-electron chi connectivity index (χ0n) is 16.6. The third-order valence-corrected chi connectivity index (χ3v) is 4.83. The second kappa shape index (κ2) is 7.94. The minimum absolute atomic E-state index is 0.0119. The highest BCUT2D eigenvalue weighted by molar-refractivity contribution is 6.04. The first-order valence-electron chi connectivity index (χ1n) is 9.33. The van der Waals surface area contributed by atoms with E-state index in [0.717, 1.165) is 12.1 Å². The molecule has 1 unspecified atom stereocenters. The molecule has 2 aromatic carbocycles. The Kier molecular flexibility index (Phi) is 5.38. The Hall–Kier alpha value is -3.83. The zero-order valence-corrected chi connectivity index (χ0v) is 16.6. The van der Waals surface area contributed by atoms with Crippen molar-refractivity contribution in [2.45, 2.75) is 25.4 Å². The predicted molar refractivity (Wildman–Crippen MR) is 104 cm³/mol. The van der Waals surface area contributed by atoms with Crippen molar-refractivity contribution in [3.8, 4) is 28.6 Å². The molecule has 0 aliphatic rings. The molecule has 0 radical (unpaired) electrons. The van der Waals surface area contributed by atoms with Crippen molar-refractivity contribution in [3.63, 3.8) is 0 Å². The minimum Gasteiger partial charge on any atom is -0.481 e. The first-order valence-corrected chi connectivity index (χ1v) is 9.33. The number of aromatic nitrogens is 3. The number of nitrogens with zero attached hydrogens (tertiary/aromatic N) is 2. The summed E-state index contributed by atoms with van der Waals surface area (Å²) < 4.78 is 88.4. The number of benzene rings is 2. The van der Waals surface area contributed by atoms with Gasteiger partial charge in [-0.1, -0.05) is 17.3 Å². The molecule has 4 aromatic rings. The van der Waals surface area contributed by atoms with Gasteiger partial charge in [0.1, 0.15) is 5.75 Å². The Morgan fingerprint density at radius 3 is 2.55 bits per heavy atom. The second-order valence-electron chi connectivity index (χ2n) is 7.02. The van der Waals surface area contributed by atoms with Crippen LogP contribution in [0.2, 0.25) is 0 Å². The first-order chi connectivity index (χ1) is 15.5. The number of carbonyl (C=O) groups is 1. The van der Waals surface area contributed by atoms with Crippen molar-refractivity contribution in [3.05, 3.63) is 53.7 Å². The third kappa shape index (κ3) is 4.28. The fourth-order valence-electron chi connectivity index (χ4n) is 3.19. The Labute approximate surface area is 181 Å². The smallest absolute Gasteiger partial charge is 0.425 e. The average molecular weight is 469 g/mol. The first kappa shape index (κ1) is 22.4. The number of ether oxygens (including phenoxy) is 1. The summed E-state index contributed by atoms with van der Waals surface area (Å²) in [6, 6.07) is 7.40. The molecular weight excluding hydrogens is 456 g/mol. The monoisotopic (exact) mass is 469 g/mol. The average Bonchev–Trinajstić information content (AvgIpc) is 3.39. The van der Waals surface area contributed by atoms with Crippen LogP contribution < -0.4 is 4.74 Å². The number of nitrogens with one attached hydrogen (secondary N) is 1. The molecule has 12 heteroatoms. The summed E-state index contributed by atoms with van der Waals surface area (Å²) in [7, 11) is 0. The maximum atomic E-state index is 13.5. The van der Waals surface area contributed by atoms with Crippen molar-refractivity contribution >= 4 is 17.2 Å². The van der Waals surface area contributed by atoms with Crippen LogP contribution in [0.4, 0.5) is 26.3 Å². The number of H-pyrrole nitrogens is 1. The van der Waals surface area contributed by atoms with Gasteiger partial charge in [0.05, 0.1) is 5.56 Å². The molecule has 6 nitrogen and oxygen atoms in total. The lowest BCUT2D eigenvalue weighted by Gasteiger charge is -2.20. The molecule has 0 spiro atoms. The van der Waals surface area contributed by atoms with Gasteiger partial charge in [-0.25, -0.2) is 0 Å². The number of aldehydes is 1. The van der Waals surface area contributed by atoms with Gasteiger partial charge in [0, 0.05) is 33.8 Å². The molecule has 1 atom stereocenters. The third-order valence-electron chi connectivity index (χ3n) is 4.83. The topological polar surface area (TPSA) is 81.0 Å². The molecule has 2 aromatic heterocycles. The van der Waals surface area contributed by atoms with Crippen molar-refractivity contribution in [1.82, 2.24) is 15.1 Å². The van der Waals surface area contributed by atoms with Gasteiger partial charge in [-0.05, 0) is 31.2 Å². The van der Waals surface area contributed by atoms with Crippen LogP contribution in [0.5, 0.6) is 5.75 Å². The Morgan fingerprint density at radius 2 is 1.88 bits per heavy atom. The molecule has 0 amide bonds. The van der Waals surface area contributed by atoms with E-state index < -0.39 is 29.8 Å². The number of halogens is 6. The molecule has 2 heterocycles. The number of hydrogen-bond acceptors (Lipinski definition) is 5. The SMILES string of the molecule is CC(Oc1ccc(-c2nc(-c3cccc4[nH]cc(C=O)c34)no2)cc1C(F)(F)F)C(F)(F)F. The van der Waals surface area contributed by atoms with Gasteiger partial charge in [0.2, 0.25) is 5.82 Å². The summed E-state index contributed by atoms with van der Waals surface area (Å²) in [5.74, 6) is -1.27. The van der Waals surface area contributed by atoms with Gasteiger partial charge in [-0.15, -0.1) is 0 Å². The fourth-order valence-corrected chi connectivity index (χ4v) is 3.19. The molecule has 0 saturated heterocycles. The van der Waals surface area contributed by atoms with Crippen LogP contribution in [0.1, 0.15) is 22.8 Å². The Morgan fingerprint density at radius 1 is 1.12 bits per heavy atom. The van der Waals surface area contributed by atoms with Crippen LogP contribution in [-0.4, -0.2) is 33.7 Å². The van der Waals surface area contributed by atoms with Gasteiger partial charge in [0.15, 0.2) is 12.4 Å². The highest BCUT2D eigenvalue weighted by Crippen LogP contribution is 2.40. The lowest BCUT2D eigenvalue weighted by atomic mass is 10.1. The quantitative estimate of drug-likeness (QED) is 0.285. The summed E-state index contributed by atoms with van der Waals surface area (Å²) in [6.07, 6.45) is -10.2. The summed E-state index contributed by atoms with van der Waals surface area (Å²) in [4.78, 5) is 18.3. The molecule has 0 aliphatic heterocycles. The molecule has 172 valence electrons. The van der Waals surface area contributed by atoms with E-state index in [2.05, 4.69) is 19.9 Å². The predicted octanol–water partition coefficient (Wildman–Crippen LogP) is 6.05. The van der Waals surface area contributed by atoms with E-state index in [1.54, 1.807) is 18.2 Å². The van der Waals surface area contributed by atoms with Crippen LogP contribution >= 0.6 is 0 Å². The molecule has 0 fully saturated rings. The lowest BCUT2D eigenvalue weighted by Crippen LogP contribution is -2.31. The maximum Gasteiger partial charge on any atom is 0.425 e. The number of rotatable bonds is 5. The van der Waals surface area contributed by atoms with Gasteiger partial charge in [0.25, 0.3) is 5.89 Å². The highest BCUT2D eigenvalue weighted by Gasteiger charge is 2.41. The number of alkyl halides is 6. The number of hydrogen-bond donors (Lipinski definition) is 1. The van der Waals surface area contributed by atoms with E-state index in [4.69, 9.17) is 4.52 Å². The molecule has 0 bridgehead atoms. The highest BCUT2D eigenvalue weighted by atomic mass is 19.4. The molecular formula is C21H13F6N3O3. The maximum absolute atomic E-state index is 13.5. The fraction of sp³-hybridized carbons (Fsp3) is 0.190. The summed E-state index contributed by atoms with van der Waals surface area (Å²) in [5, 5.41) is 4.29. The minimum atomic E-state index is -5.00. The number of fused-ring (bicyclic) bond motifs is 1. The summed E-state index contributed by atoms with van der Waals surface area (Å²) >= 11 is 0. The van der Waals surface area contributed by atoms with Crippen LogP contribution in [0.3, 0.4) is 0 Å². The zero-order chi connectivity index (χ0) is 24.0. The van der Waals surface area contributed by atoms with E-state index >= 15 is 0 Å². The van der Waals surface area contributed by atoms with Crippen molar-refractivity contribution in [2.75, 3.05) is 0 Å². The van der Waals surface area contributed by atoms with E-state index in [-0.39, 0.29) is 17.3 Å². The van der Waals surface area contributed by atoms with Gasteiger partial charge in [-0.2, -0.15) is 31.3 Å². The van der Waals surface area contributed by atoms with Crippen molar-refractivity contribution < 1.29 is 40.4 Å². The Balaban J connectivity index is 1.75. The van der Waals surface area contributed by atoms with Crippen LogP contribution in [-0.2, 0) is 6.18 Å². The molecule has 0 aliphatic carbocycles. The lowest BCUT2D eigenvalue weighted by molar-refractivity contribution is -0.191. The molecule has 0 saturated carbocycles. The van der Waals surface area contributed by atoms with Crippen molar-refractivity contribution in [1.29, 1.82) is 0 Å². The van der Waals surface area contributed by atoms with Crippen LogP contribution in [0.25, 0.3) is 33.7 Å². The van der Waals surface area contributed by atoms with Gasteiger partial charge in [-0.3, -0.25) is 4.79 Å². The normalized spacial score (nSPS) is 13.3. The Bertz CT molecular complexity index is 1320. The van der Waals surface area contributed by atoms with Crippen LogP contribution in [0, 0.1) is 0 Å². The van der Waals surface area contributed by atoms with E-state index in [0.29, 0.717) is 41.3 Å². The molecule has 33 heavy (non-hydrogen) atoms. The van der Waals surface area contributed by atoms with Gasteiger partial charge < -0.3 is 14.2 Å². The largest absolute Gasteiger partial charge is 0.481 e. The second-order valence-corrected chi connectivity index (χ2v) is 7.02. The summed E-state index contributed by atoms with van der Waals surface area (Å²) in [5.41, 5.74) is -0.259. The number of aromatic amines is 1. The number of carbonyl (C=O) groups excluding carboxylic acids is 1. The van der Waals surface area contributed by atoms with E-state index in [9.17, 15) is 31.1 Å². The van der Waals surface area contributed by atoms with E-state index in [1.165, 1.54) is 6.20 Å². The molecule has 1 N–H and O–H groups in total. The van der Waals surface area contributed by atoms with Gasteiger partial charge >= 0.3 is 12.4 Å².